The Kier molecular flexibility index (Phi) is 5.17. The molecule has 0 aliphatic carbocycles. The topological polar surface area (TPSA) is 26.3 Å². The number of hydrogen-bond acceptors (Lipinski definition) is 2. The molecule has 0 rings (SSSR count). The van der Waals surface area contributed by atoms with Gasteiger partial charge in [-0.05, 0) is 6.42 Å². The van der Waals surface area contributed by atoms with Crippen molar-refractivity contribution in [3.63, 3.8) is 0 Å². The molecule has 1 unspecified atom stereocenters. The molecule has 4 radical (unpaired) electrons. The van der Waals surface area contributed by atoms with E-state index in [2.05, 4.69) is 4.74 Å². The van der Waals surface area contributed by atoms with E-state index >= 15 is 0 Å². The second kappa shape index (κ2) is 5.39. The van der Waals surface area contributed by atoms with Gasteiger partial charge in [0.2, 0.25) is 0 Å². The highest BCUT2D eigenvalue weighted by molar-refractivity contribution is 6.22. The first-order valence-corrected chi connectivity index (χ1v) is 3.26. The Morgan fingerprint density at radius 3 is 2.70 bits per heavy atom. The van der Waals surface area contributed by atoms with Gasteiger partial charge in [0.25, 0.3) is 5.97 Å². The molecule has 0 fully saturated rings. The van der Waals surface area contributed by atoms with Gasteiger partial charge in [0.05, 0.1) is 22.8 Å². The smallest absolute Gasteiger partial charge is 0.299 e. The molecule has 2 nitrogen and oxygen atoms in total. The molecule has 0 spiro atoms. The molecule has 52 valence electrons. The molecule has 1 atom stereocenters. The molecule has 0 aromatic heterocycles. The van der Waals surface area contributed by atoms with Gasteiger partial charge in [-0.1, -0.05) is 12.7 Å². The SMILES string of the molecule is [B]CCCC([B])C(=O)OC. The Labute approximate surface area is 64.1 Å². The molecule has 10 heavy (non-hydrogen) atoms. The lowest BCUT2D eigenvalue weighted by molar-refractivity contribution is -0.140. The number of rotatable bonds is 4. The van der Waals surface area contributed by atoms with Crippen molar-refractivity contribution in [1.29, 1.82) is 0 Å². The van der Waals surface area contributed by atoms with E-state index in [4.69, 9.17) is 15.7 Å². The minimum atomic E-state index is -0.506. The summed E-state index contributed by atoms with van der Waals surface area (Å²) in [5, 5.41) is 0. The maximum atomic E-state index is 10.6. The Morgan fingerprint density at radius 1 is 1.70 bits per heavy atom. The van der Waals surface area contributed by atoms with Crippen LogP contribution in [0, 0.1) is 0 Å². The number of esters is 1. The summed E-state index contributed by atoms with van der Waals surface area (Å²) in [4.78, 5) is 10.6. The number of methoxy groups -OCH3 is 1. The van der Waals surface area contributed by atoms with E-state index in [1.807, 2.05) is 0 Å². The summed E-state index contributed by atoms with van der Waals surface area (Å²) in [5.74, 6) is -0.873. The molecular formula is C6H10B2O2. The largest absolute Gasteiger partial charge is 0.469 e. The van der Waals surface area contributed by atoms with Crippen LogP contribution in [0.25, 0.3) is 0 Å². The molecule has 0 saturated carbocycles. The third-order valence-corrected chi connectivity index (χ3v) is 1.22. The molecule has 0 bridgehead atoms. The zero-order valence-electron chi connectivity index (χ0n) is 6.17. The van der Waals surface area contributed by atoms with E-state index in [0.29, 0.717) is 12.7 Å². The Morgan fingerprint density at radius 2 is 2.30 bits per heavy atom. The molecule has 0 aliphatic heterocycles. The van der Waals surface area contributed by atoms with Gasteiger partial charge in [-0.25, -0.2) is 0 Å². The van der Waals surface area contributed by atoms with Gasteiger partial charge in [-0.15, -0.1) is 0 Å². The first-order valence-electron chi connectivity index (χ1n) is 3.26. The maximum Gasteiger partial charge on any atom is 0.299 e. The third kappa shape index (κ3) is 3.59. The van der Waals surface area contributed by atoms with Crippen LogP contribution in [0.15, 0.2) is 0 Å². The van der Waals surface area contributed by atoms with Crippen LogP contribution in [-0.2, 0) is 9.53 Å². The van der Waals surface area contributed by atoms with Crippen LogP contribution in [0.1, 0.15) is 12.8 Å². The Bertz CT molecular complexity index is 106. The van der Waals surface area contributed by atoms with Gasteiger partial charge in [0, 0.05) is 5.82 Å². The van der Waals surface area contributed by atoms with Gasteiger partial charge in [-0.3, -0.25) is 4.79 Å². The lowest BCUT2D eigenvalue weighted by Crippen LogP contribution is -2.10. The fourth-order valence-electron chi connectivity index (χ4n) is 0.607. The van der Waals surface area contributed by atoms with Crippen LogP contribution in [0.5, 0.6) is 0 Å². The molecule has 0 heterocycles. The standard InChI is InChI=1S/C6H10B2O2/c1-10-6(9)5(8)3-2-4-7/h5H,2-4H2,1H3. The first-order chi connectivity index (χ1) is 4.72. The van der Waals surface area contributed by atoms with E-state index in [-0.39, 0.29) is 5.97 Å². The van der Waals surface area contributed by atoms with Gasteiger partial charge in [-0.2, -0.15) is 0 Å². The second-order valence-corrected chi connectivity index (χ2v) is 2.06. The fraction of sp³-hybridized carbons (Fsp3) is 0.833. The number of ether oxygens (including phenoxy) is 1. The van der Waals surface area contributed by atoms with Crippen LogP contribution in [0.2, 0.25) is 12.1 Å². The van der Waals surface area contributed by atoms with Crippen LogP contribution in [-0.4, -0.2) is 28.8 Å². The van der Waals surface area contributed by atoms with E-state index < -0.39 is 5.82 Å². The van der Waals surface area contributed by atoms with Gasteiger partial charge < -0.3 is 4.74 Å². The molecular weight excluding hydrogens is 126 g/mol. The zero-order valence-corrected chi connectivity index (χ0v) is 6.17. The highest BCUT2D eigenvalue weighted by Crippen LogP contribution is 2.11. The van der Waals surface area contributed by atoms with Crippen molar-refractivity contribution in [3.8, 4) is 0 Å². The molecule has 0 aromatic rings. The third-order valence-electron chi connectivity index (χ3n) is 1.22. The average Bonchev–Trinajstić information content (AvgIpc) is 1.98. The van der Waals surface area contributed by atoms with Crippen molar-refractivity contribution < 1.29 is 9.53 Å². The fourth-order valence-corrected chi connectivity index (χ4v) is 0.607. The van der Waals surface area contributed by atoms with E-state index in [9.17, 15) is 4.79 Å². The van der Waals surface area contributed by atoms with Gasteiger partial charge in [0.1, 0.15) is 0 Å². The number of carbonyl (C=O) groups is 1. The Balaban J connectivity index is 3.41. The predicted octanol–water partition coefficient (Wildman–Crippen LogP) is 0.483. The van der Waals surface area contributed by atoms with Crippen molar-refractivity contribution in [3.05, 3.63) is 0 Å². The lowest BCUT2D eigenvalue weighted by Gasteiger charge is -2.06. The molecule has 0 amide bonds. The minimum absolute atomic E-state index is 0.367. The summed E-state index contributed by atoms with van der Waals surface area (Å²) in [6.45, 7) is 0. The minimum Gasteiger partial charge on any atom is -0.469 e. The van der Waals surface area contributed by atoms with Crippen LogP contribution < -0.4 is 0 Å². The van der Waals surface area contributed by atoms with Crippen LogP contribution >= 0.6 is 0 Å². The average molecular weight is 136 g/mol. The summed E-state index contributed by atoms with van der Waals surface area (Å²) >= 11 is 0. The lowest BCUT2D eigenvalue weighted by atomic mass is 9.81. The van der Waals surface area contributed by atoms with Crippen molar-refractivity contribution >= 4 is 21.7 Å². The monoisotopic (exact) mass is 136 g/mol. The van der Waals surface area contributed by atoms with Crippen LogP contribution in [0.4, 0.5) is 0 Å². The van der Waals surface area contributed by atoms with Crippen molar-refractivity contribution in [2.45, 2.75) is 25.0 Å². The van der Waals surface area contributed by atoms with E-state index in [1.54, 1.807) is 0 Å². The van der Waals surface area contributed by atoms with Crippen molar-refractivity contribution in [1.82, 2.24) is 0 Å². The molecule has 0 N–H and O–H groups in total. The van der Waals surface area contributed by atoms with Crippen molar-refractivity contribution in [2.24, 2.45) is 0 Å². The normalized spacial score (nSPS) is 12.5. The summed E-state index contributed by atoms with van der Waals surface area (Å²) in [7, 11) is 11.9. The van der Waals surface area contributed by atoms with Crippen LogP contribution in [0.3, 0.4) is 0 Å². The molecule has 0 aliphatic rings. The predicted molar refractivity (Wildman–Crippen MR) is 41.3 cm³/mol. The second-order valence-electron chi connectivity index (χ2n) is 2.06. The van der Waals surface area contributed by atoms with E-state index in [0.717, 1.165) is 6.42 Å². The maximum absolute atomic E-state index is 10.6. The summed E-state index contributed by atoms with van der Waals surface area (Å²) in [6.07, 6.45) is 1.92. The first kappa shape index (κ1) is 9.60. The van der Waals surface area contributed by atoms with Gasteiger partial charge >= 0.3 is 0 Å². The number of hydrogen-bond donors (Lipinski definition) is 0. The Hall–Kier alpha value is -0.400. The summed E-state index contributed by atoms with van der Waals surface area (Å²) in [5.41, 5.74) is 0. The zero-order chi connectivity index (χ0) is 7.98. The van der Waals surface area contributed by atoms with E-state index in [1.165, 1.54) is 7.11 Å². The summed E-state index contributed by atoms with van der Waals surface area (Å²) < 4.78 is 4.40. The van der Waals surface area contributed by atoms with Gasteiger partial charge in [0.15, 0.2) is 0 Å². The summed E-state index contributed by atoms with van der Waals surface area (Å²) in [6, 6.07) is 0. The molecule has 0 saturated heterocycles. The number of carbonyl (C=O) groups excluding carboxylic acids is 1. The highest BCUT2D eigenvalue weighted by Gasteiger charge is 2.10. The molecule has 0 aromatic carbocycles. The van der Waals surface area contributed by atoms with Crippen molar-refractivity contribution in [2.75, 3.05) is 7.11 Å². The highest BCUT2D eigenvalue weighted by atomic mass is 16.5. The molecule has 4 heteroatoms. The quantitative estimate of drug-likeness (QED) is 0.414.